The van der Waals surface area contributed by atoms with Gasteiger partial charge >= 0.3 is 0 Å². The molecule has 2 nitrogen and oxygen atoms in total. The molecule has 1 aliphatic rings. The van der Waals surface area contributed by atoms with E-state index in [0.717, 1.165) is 6.42 Å². The maximum Gasteiger partial charge on any atom is 0.0270 e. The first kappa shape index (κ1) is 9.66. The van der Waals surface area contributed by atoms with E-state index in [1.165, 1.54) is 18.4 Å². The van der Waals surface area contributed by atoms with Crippen molar-refractivity contribution in [2.45, 2.75) is 44.1 Å². The maximum absolute atomic E-state index is 6.24. The lowest BCUT2D eigenvalue weighted by Gasteiger charge is -2.19. The Morgan fingerprint density at radius 1 is 1.43 bits per heavy atom. The van der Waals surface area contributed by atoms with Gasteiger partial charge in [0.25, 0.3) is 0 Å². The quantitative estimate of drug-likeness (QED) is 0.794. The summed E-state index contributed by atoms with van der Waals surface area (Å²) < 4.78 is 0. The van der Waals surface area contributed by atoms with Crippen LogP contribution >= 0.6 is 0 Å². The fourth-order valence-electron chi connectivity index (χ4n) is 2.63. The molecule has 76 valence electrons. The average Bonchev–Trinajstić information content (AvgIpc) is 2.72. The lowest BCUT2D eigenvalue weighted by molar-refractivity contribution is 0.517. The predicted molar refractivity (Wildman–Crippen MR) is 58.0 cm³/mol. The number of rotatable bonds is 3. The fourth-order valence-corrected chi connectivity index (χ4v) is 2.63. The standard InChI is InChI=1S/C12H18N2/c1-3-6-12(9-11(12,2)13)10-4-7-14-8-5-10/h4-5,7-8H,3,6,9,13H2,1-2H3. The molecule has 2 N–H and O–H groups in total. The van der Waals surface area contributed by atoms with E-state index in [9.17, 15) is 0 Å². The van der Waals surface area contributed by atoms with Gasteiger partial charge < -0.3 is 5.73 Å². The predicted octanol–water partition coefficient (Wildman–Crippen LogP) is 2.24. The number of pyridine rings is 1. The minimum Gasteiger partial charge on any atom is -0.325 e. The summed E-state index contributed by atoms with van der Waals surface area (Å²) in [7, 11) is 0. The van der Waals surface area contributed by atoms with E-state index in [1.807, 2.05) is 12.4 Å². The number of nitrogens with zero attached hydrogens (tertiary/aromatic N) is 1. The molecule has 1 aliphatic carbocycles. The van der Waals surface area contributed by atoms with Crippen molar-refractivity contribution in [1.82, 2.24) is 4.98 Å². The van der Waals surface area contributed by atoms with E-state index >= 15 is 0 Å². The minimum atomic E-state index is -0.00956. The van der Waals surface area contributed by atoms with E-state index in [0.29, 0.717) is 0 Å². The molecule has 1 saturated carbocycles. The van der Waals surface area contributed by atoms with Gasteiger partial charge in [-0.05, 0) is 37.5 Å². The first-order chi connectivity index (χ1) is 6.62. The van der Waals surface area contributed by atoms with E-state index in [1.54, 1.807) is 0 Å². The molecular formula is C12H18N2. The molecule has 0 aliphatic heterocycles. The molecule has 2 atom stereocenters. The van der Waals surface area contributed by atoms with Crippen LogP contribution in [-0.4, -0.2) is 10.5 Å². The number of hydrogen-bond donors (Lipinski definition) is 1. The van der Waals surface area contributed by atoms with Crippen molar-refractivity contribution in [3.63, 3.8) is 0 Å². The molecule has 2 rings (SSSR count). The van der Waals surface area contributed by atoms with Gasteiger partial charge in [0.2, 0.25) is 0 Å². The first-order valence-electron chi connectivity index (χ1n) is 5.32. The molecule has 1 fully saturated rings. The summed E-state index contributed by atoms with van der Waals surface area (Å²) in [6.07, 6.45) is 7.21. The summed E-state index contributed by atoms with van der Waals surface area (Å²) in [5.74, 6) is 0. The fraction of sp³-hybridized carbons (Fsp3) is 0.583. The van der Waals surface area contributed by atoms with Gasteiger partial charge in [-0.25, -0.2) is 0 Å². The number of hydrogen-bond acceptors (Lipinski definition) is 2. The zero-order valence-corrected chi connectivity index (χ0v) is 8.96. The van der Waals surface area contributed by atoms with E-state index in [4.69, 9.17) is 5.73 Å². The Morgan fingerprint density at radius 2 is 2.00 bits per heavy atom. The highest BCUT2D eigenvalue weighted by Gasteiger charge is 2.61. The van der Waals surface area contributed by atoms with Crippen LogP contribution in [-0.2, 0) is 5.41 Å². The molecule has 1 aromatic heterocycles. The molecule has 0 saturated heterocycles. The van der Waals surface area contributed by atoms with Crippen LogP contribution in [0.3, 0.4) is 0 Å². The lowest BCUT2D eigenvalue weighted by Crippen LogP contribution is -2.29. The second kappa shape index (κ2) is 3.06. The molecule has 1 aromatic rings. The second-order valence-corrected chi connectivity index (χ2v) is 4.66. The third-order valence-electron chi connectivity index (χ3n) is 3.55. The zero-order chi connectivity index (χ0) is 10.2. The van der Waals surface area contributed by atoms with Crippen molar-refractivity contribution >= 4 is 0 Å². The Morgan fingerprint density at radius 3 is 2.43 bits per heavy atom. The number of aromatic nitrogens is 1. The topological polar surface area (TPSA) is 38.9 Å². The molecule has 0 spiro atoms. The van der Waals surface area contributed by atoms with Crippen LogP contribution in [0.25, 0.3) is 0 Å². The molecule has 0 radical (unpaired) electrons. The Bertz CT molecular complexity index is 318. The molecule has 0 aromatic carbocycles. The lowest BCUT2D eigenvalue weighted by atomic mass is 9.88. The van der Waals surface area contributed by atoms with Crippen LogP contribution in [0, 0.1) is 0 Å². The third kappa shape index (κ3) is 1.25. The van der Waals surface area contributed by atoms with Crippen molar-refractivity contribution in [3.8, 4) is 0 Å². The van der Waals surface area contributed by atoms with Gasteiger partial charge in [0.1, 0.15) is 0 Å². The monoisotopic (exact) mass is 190 g/mol. The van der Waals surface area contributed by atoms with Crippen LogP contribution in [0.1, 0.15) is 38.7 Å². The summed E-state index contributed by atoms with van der Waals surface area (Å²) >= 11 is 0. The van der Waals surface area contributed by atoms with Crippen molar-refractivity contribution in [3.05, 3.63) is 30.1 Å². The van der Waals surface area contributed by atoms with Crippen molar-refractivity contribution in [2.75, 3.05) is 0 Å². The highest BCUT2D eigenvalue weighted by molar-refractivity contribution is 5.39. The van der Waals surface area contributed by atoms with Gasteiger partial charge in [-0.3, -0.25) is 4.98 Å². The van der Waals surface area contributed by atoms with E-state index < -0.39 is 0 Å². The summed E-state index contributed by atoms with van der Waals surface area (Å²) in [5.41, 5.74) is 7.82. The highest BCUT2D eigenvalue weighted by atomic mass is 14.9. The van der Waals surface area contributed by atoms with Crippen molar-refractivity contribution in [2.24, 2.45) is 5.73 Å². The Balaban J connectivity index is 2.31. The second-order valence-electron chi connectivity index (χ2n) is 4.66. The molecular weight excluding hydrogens is 172 g/mol. The van der Waals surface area contributed by atoms with Crippen molar-refractivity contribution < 1.29 is 0 Å². The molecule has 0 bridgehead atoms. The summed E-state index contributed by atoms with van der Waals surface area (Å²) in [5, 5.41) is 0. The van der Waals surface area contributed by atoms with Gasteiger partial charge in [0.15, 0.2) is 0 Å². The van der Waals surface area contributed by atoms with Gasteiger partial charge in [0, 0.05) is 23.3 Å². The maximum atomic E-state index is 6.24. The van der Waals surface area contributed by atoms with E-state index in [-0.39, 0.29) is 11.0 Å². The van der Waals surface area contributed by atoms with Gasteiger partial charge in [-0.2, -0.15) is 0 Å². The highest BCUT2D eigenvalue weighted by Crippen LogP contribution is 2.58. The van der Waals surface area contributed by atoms with Crippen LogP contribution in [0.15, 0.2) is 24.5 Å². The average molecular weight is 190 g/mol. The minimum absolute atomic E-state index is 0.00956. The van der Waals surface area contributed by atoms with Crippen LogP contribution in [0.2, 0.25) is 0 Å². The Labute approximate surface area is 85.5 Å². The summed E-state index contributed by atoms with van der Waals surface area (Å²) in [6, 6.07) is 4.21. The molecule has 2 unspecified atom stereocenters. The zero-order valence-electron chi connectivity index (χ0n) is 8.96. The molecule has 0 amide bonds. The van der Waals surface area contributed by atoms with Gasteiger partial charge in [-0.15, -0.1) is 0 Å². The third-order valence-corrected chi connectivity index (χ3v) is 3.55. The van der Waals surface area contributed by atoms with Crippen LogP contribution in [0.4, 0.5) is 0 Å². The van der Waals surface area contributed by atoms with Gasteiger partial charge in [0.05, 0.1) is 0 Å². The SMILES string of the molecule is CCCC1(c2ccncc2)CC1(C)N. The van der Waals surface area contributed by atoms with E-state index in [2.05, 4.69) is 31.0 Å². The molecule has 2 heteroatoms. The molecule has 1 heterocycles. The Hall–Kier alpha value is -0.890. The Kier molecular flexibility index (Phi) is 2.11. The van der Waals surface area contributed by atoms with Crippen molar-refractivity contribution in [1.29, 1.82) is 0 Å². The largest absolute Gasteiger partial charge is 0.325 e. The normalized spacial score (nSPS) is 35.6. The van der Waals surface area contributed by atoms with Crippen LogP contribution < -0.4 is 5.73 Å². The summed E-state index contributed by atoms with van der Waals surface area (Å²) in [4.78, 5) is 4.05. The van der Waals surface area contributed by atoms with Crippen LogP contribution in [0.5, 0.6) is 0 Å². The molecule has 14 heavy (non-hydrogen) atoms. The summed E-state index contributed by atoms with van der Waals surface area (Å²) in [6.45, 7) is 4.38. The number of nitrogens with two attached hydrogens (primary N) is 1. The smallest absolute Gasteiger partial charge is 0.0270 e. The first-order valence-corrected chi connectivity index (χ1v) is 5.32. The van der Waals surface area contributed by atoms with Gasteiger partial charge in [-0.1, -0.05) is 13.3 Å².